The highest BCUT2D eigenvalue weighted by Gasteiger charge is 2.34. The van der Waals surface area contributed by atoms with Gasteiger partial charge in [0.25, 0.3) is 0 Å². The van der Waals surface area contributed by atoms with Crippen LogP contribution in [0.5, 0.6) is 0 Å². The highest BCUT2D eigenvalue weighted by Crippen LogP contribution is 2.25. The van der Waals surface area contributed by atoms with Crippen molar-refractivity contribution in [2.24, 2.45) is 7.05 Å². The number of carbonyl (C=O) groups is 1. The molecule has 29 heavy (non-hydrogen) atoms. The smallest absolute Gasteiger partial charge is 0.233 e. The van der Waals surface area contributed by atoms with Crippen LogP contribution in [0.25, 0.3) is 11.0 Å². The predicted molar refractivity (Wildman–Crippen MR) is 115 cm³/mol. The van der Waals surface area contributed by atoms with Crippen molar-refractivity contribution in [1.29, 1.82) is 0 Å². The number of para-hydroxylation sites is 2. The van der Waals surface area contributed by atoms with E-state index < -0.39 is 9.84 Å². The van der Waals surface area contributed by atoms with Crippen LogP contribution < -0.4 is 0 Å². The standard InChI is InChI=1S/C21H23N3O3S2/c1-23-19-10-6-5-9-18(19)22-21(23)28-14-20(25)24(13-16-7-3-2-4-8-16)17-11-12-29(26,27)15-17/h2-10,17H,11-15H2,1H3/t17-/m1/s1. The lowest BCUT2D eigenvalue weighted by molar-refractivity contribution is -0.130. The van der Waals surface area contributed by atoms with Crippen LogP contribution in [0.4, 0.5) is 0 Å². The molecule has 0 aliphatic carbocycles. The zero-order valence-corrected chi connectivity index (χ0v) is 17.8. The number of thioether (sulfide) groups is 1. The van der Waals surface area contributed by atoms with Gasteiger partial charge in [-0.2, -0.15) is 0 Å². The first-order valence-corrected chi connectivity index (χ1v) is 12.3. The van der Waals surface area contributed by atoms with Crippen LogP contribution in [0, 0.1) is 0 Å². The first-order chi connectivity index (χ1) is 13.9. The van der Waals surface area contributed by atoms with E-state index in [1.165, 1.54) is 11.8 Å². The number of benzene rings is 2. The normalized spacial score (nSPS) is 18.2. The average molecular weight is 430 g/mol. The fourth-order valence-corrected chi connectivity index (χ4v) is 6.29. The first kappa shape index (κ1) is 20.0. The van der Waals surface area contributed by atoms with Crippen LogP contribution in [-0.4, -0.2) is 52.1 Å². The van der Waals surface area contributed by atoms with Gasteiger partial charge in [0.2, 0.25) is 5.91 Å². The number of fused-ring (bicyclic) bond motifs is 1. The number of imidazole rings is 1. The van der Waals surface area contributed by atoms with E-state index in [0.717, 1.165) is 21.8 Å². The van der Waals surface area contributed by atoms with Crippen molar-refractivity contribution in [1.82, 2.24) is 14.5 Å². The van der Waals surface area contributed by atoms with Gasteiger partial charge in [-0.05, 0) is 24.1 Å². The lowest BCUT2D eigenvalue weighted by Crippen LogP contribution is -2.41. The molecule has 1 amide bonds. The van der Waals surface area contributed by atoms with Crippen LogP contribution in [0.1, 0.15) is 12.0 Å². The largest absolute Gasteiger partial charge is 0.334 e. The van der Waals surface area contributed by atoms with E-state index in [4.69, 9.17) is 0 Å². The second-order valence-corrected chi connectivity index (χ2v) is 10.5. The number of hydrogen-bond donors (Lipinski definition) is 0. The number of hydrogen-bond acceptors (Lipinski definition) is 5. The van der Waals surface area contributed by atoms with Crippen LogP contribution in [0.2, 0.25) is 0 Å². The molecule has 8 heteroatoms. The predicted octanol–water partition coefficient (Wildman–Crippen LogP) is 2.88. The third-order valence-corrected chi connectivity index (χ3v) is 8.00. The van der Waals surface area contributed by atoms with E-state index in [-0.39, 0.29) is 29.2 Å². The van der Waals surface area contributed by atoms with Crippen molar-refractivity contribution >= 4 is 38.5 Å². The number of sulfone groups is 1. The quantitative estimate of drug-likeness (QED) is 0.564. The summed E-state index contributed by atoms with van der Waals surface area (Å²) >= 11 is 1.39. The van der Waals surface area contributed by atoms with Gasteiger partial charge in [-0.25, -0.2) is 13.4 Å². The molecule has 2 aromatic carbocycles. The van der Waals surface area contributed by atoms with Gasteiger partial charge in [0.1, 0.15) is 0 Å². The number of carbonyl (C=O) groups excluding carboxylic acids is 1. The summed E-state index contributed by atoms with van der Waals surface area (Å²) in [6.45, 7) is 0.420. The van der Waals surface area contributed by atoms with E-state index in [2.05, 4.69) is 4.98 Å². The summed E-state index contributed by atoms with van der Waals surface area (Å²) in [5.41, 5.74) is 2.91. The van der Waals surface area contributed by atoms with E-state index in [1.807, 2.05) is 66.2 Å². The molecule has 1 aromatic heterocycles. The summed E-state index contributed by atoms with van der Waals surface area (Å²) < 4.78 is 26.0. The zero-order chi connectivity index (χ0) is 20.4. The van der Waals surface area contributed by atoms with Gasteiger partial charge < -0.3 is 9.47 Å². The average Bonchev–Trinajstić information content (AvgIpc) is 3.24. The third-order valence-electron chi connectivity index (χ3n) is 5.24. The van der Waals surface area contributed by atoms with Crippen molar-refractivity contribution in [3.63, 3.8) is 0 Å². The molecule has 3 aromatic rings. The van der Waals surface area contributed by atoms with Gasteiger partial charge in [-0.3, -0.25) is 4.79 Å². The molecule has 0 bridgehead atoms. The fourth-order valence-electron chi connectivity index (χ4n) is 3.68. The van der Waals surface area contributed by atoms with Crippen LogP contribution in [0.3, 0.4) is 0 Å². The Bertz CT molecular complexity index is 1130. The Morgan fingerprint density at radius 3 is 2.59 bits per heavy atom. The molecule has 1 atom stereocenters. The highest BCUT2D eigenvalue weighted by atomic mass is 32.2. The molecule has 0 N–H and O–H groups in total. The molecular formula is C21H23N3O3S2. The van der Waals surface area contributed by atoms with E-state index in [0.29, 0.717) is 13.0 Å². The Labute approximate surface area is 174 Å². The number of aryl methyl sites for hydroxylation is 1. The van der Waals surface area contributed by atoms with E-state index >= 15 is 0 Å². The maximum Gasteiger partial charge on any atom is 0.233 e. The number of rotatable bonds is 6. The minimum atomic E-state index is -3.07. The maximum absolute atomic E-state index is 13.1. The van der Waals surface area contributed by atoms with Crippen molar-refractivity contribution in [3.8, 4) is 0 Å². The van der Waals surface area contributed by atoms with Crippen molar-refractivity contribution < 1.29 is 13.2 Å². The topological polar surface area (TPSA) is 72.3 Å². The van der Waals surface area contributed by atoms with Gasteiger partial charge in [0, 0.05) is 19.6 Å². The molecule has 4 rings (SSSR count). The summed E-state index contributed by atoms with van der Waals surface area (Å²) in [5, 5.41) is 0.776. The van der Waals surface area contributed by atoms with Crippen molar-refractivity contribution in [2.75, 3.05) is 17.3 Å². The monoisotopic (exact) mass is 429 g/mol. The minimum absolute atomic E-state index is 0.0442. The fraction of sp³-hybridized carbons (Fsp3) is 0.333. The van der Waals surface area contributed by atoms with Crippen LogP contribution in [-0.2, 0) is 28.2 Å². The number of nitrogens with zero attached hydrogens (tertiary/aromatic N) is 3. The van der Waals surface area contributed by atoms with Gasteiger partial charge in [0.15, 0.2) is 15.0 Å². The van der Waals surface area contributed by atoms with E-state index in [9.17, 15) is 13.2 Å². The molecule has 6 nitrogen and oxygen atoms in total. The molecule has 1 saturated heterocycles. The lowest BCUT2D eigenvalue weighted by atomic mass is 10.1. The second kappa shape index (κ2) is 8.20. The first-order valence-electron chi connectivity index (χ1n) is 9.51. The third kappa shape index (κ3) is 4.48. The molecule has 1 aliphatic rings. The summed E-state index contributed by atoms with van der Waals surface area (Å²) in [6, 6.07) is 17.3. The molecule has 0 saturated carbocycles. The summed E-state index contributed by atoms with van der Waals surface area (Å²) in [5.74, 6) is 0.352. The Kier molecular flexibility index (Phi) is 5.65. The maximum atomic E-state index is 13.1. The van der Waals surface area contributed by atoms with Gasteiger partial charge in [-0.1, -0.05) is 54.2 Å². The summed E-state index contributed by atoms with van der Waals surface area (Å²) in [6.07, 6.45) is 0.498. The van der Waals surface area contributed by atoms with Crippen molar-refractivity contribution in [2.45, 2.75) is 24.2 Å². The molecule has 0 spiro atoms. The SMILES string of the molecule is Cn1c(SCC(=O)N(Cc2ccccc2)[C@@H]2CCS(=O)(=O)C2)nc2ccccc21. The highest BCUT2D eigenvalue weighted by molar-refractivity contribution is 7.99. The number of amides is 1. The lowest BCUT2D eigenvalue weighted by Gasteiger charge is -2.28. The zero-order valence-electron chi connectivity index (χ0n) is 16.2. The van der Waals surface area contributed by atoms with Crippen LogP contribution in [0.15, 0.2) is 59.8 Å². The summed E-state index contributed by atoms with van der Waals surface area (Å²) in [4.78, 5) is 19.5. The van der Waals surface area contributed by atoms with Gasteiger partial charge in [0.05, 0.1) is 28.3 Å². The summed E-state index contributed by atoms with van der Waals surface area (Å²) in [7, 11) is -1.14. The van der Waals surface area contributed by atoms with Crippen molar-refractivity contribution in [3.05, 3.63) is 60.2 Å². The van der Waals surface area contributed by atoms with Crippen LogP contribution >= 0.6 is 11.8 Å². The Balaban J connectivity index is 1.51. The number of aromatic nitrogens is 2. The molecule has 1 fully saturated rings. The molecule has 0 radical (unpaired) electrons. The molecule has 2 heterocycles. The Morgan fingerprint density at radius 2 is 1.90 bits per heavy atom. The second-order valence-electron chi connectivity index (χ2n) is 7.29. The molecule has 152 valence electrons. The minimum Gasteiger partial charge on any atom is -0.334 e. The van der Waals surface area contributed by atoms with E-state index in [1.54, 1.807) is 4.90 Å². The Hall–Kier alpha value is -2.32. The van der Waals surface area contributed by atoms with Gasteiger partial charge >= 0.3 is 0 Å². The Morgan fingerprint density at radius 1 is 1.17 bits per heavy atom. The molecule has 0 unspecified atom stereocenters. The molecular weight excluding hydrogens is 406 g/mol. The van der Waals surface area contributed by atoms with Gasteiger partial charge in [-0.15, -0.1) is 0 Å². The molecule has 1 aliphatic heterocycles.